The summed E-state index contributed by atoms with van der Waals surface area (Å²) >= 11 is 0. The van der Waals surface area contributed by atoms with Gasteiger partial charge in [-0.2, -0.15) is 0 Å². The number of ether oxygens (including phenoxy) is 1. The zero-order chi connectivity index (χ0) is 14.4. The highest BCUT2D eigenvalue weighted by molar-refractivity contribution is 5.52. The Morgan fingerprint density at radius 3 is 2.40 bits per heavy atom. The van der Waals surface area contributed by atoms with Crippen molar-refractivity contribution in [2.24, 2.45) is 0 Å². The van der Waals surface area contributed by atoms with Crippen LogP contribution in [0.25, 0.3) is 0 Å². The summed E-state index contributed by atoms with van der Waals surface area (Å²) in [7, 11) is 1.73. The van der Waals surface area contributed by atoms with E-state index in [1.165, 1.54) is 16.7 Å². The Balaban J connectivity index is 2.12. The molecular weight excluding hydrogens is 246 g/mol. The van der Waals surface area contributed by atoms with Gasteiger partial charge in [-0.15, -0.1) is 0 Å². The number of hydrogen-bond donors (Lipinski definition) is 1. The van der Waals surface area contributed by atoms with Crippen LogP contribution in [0.5, 0.6) is 0 Å². The molecule has 2 rings (SSSR count). The zero-order valence-corrected chi connectivity index (χ0v) is 12.5. The van der Waals surface area contributed by atoms with Crippen molar-refractivity contribution in [2.75, 3.05) is 12.4 Å². The second-order valence-corrected chi connectivity index (χ2v) is 5.05. The van der Waals surface area contributed by atoms with E-state index in [0.717, 1.165) is 12.1 Å². The molecule has 0 fully saturated rings. The summed E-state index contributed by atoms with van der Waals surface area (Å²) in [6.45, 7) is 4.99. The highest BCUT2D eigenvalue weighted by Gasteiger charge is 2.08. The molecule has 0 spiro atoms. The first-order valence-corrected chi connectivity index (χ1v) is 7.16. The van der Waals surface area contributed by atoms with Gasteiger partial charge in [0.15, 0.2) is 0 Å². The van der Waals surface area contributed by atoms with E-state index in [1.54, 1.807) is 7.11 Å². The highest BCUT2D eigenvalue weighted by atomic mass is 16.5. The standard InChI is InChI=1S/C18H23NO/c1-4-15-9-11-16(12-10-15)14(2)19-18-8-6-5-7-17(18)13-20-3/h5-12,14,19H,4,13H2,1-3H3. The van der Waals surface area contributed by atoms with Crippen molar-refractivity contribution in [3.63, 3.8) is 0 Å². The normalized spacial score (nSPS) is 12.2. The van der Waals surface area contributed by atoms with Gasteiger partial charge in [0.2, 0.25) is 0 Å². The van der Waals surface area contributed by atoms with Gasteiger partial charge in [0, 0.05) is 24.4 Å². The minimum absolute atomic E-state index is 0.277. The fourth-order valence-corrected chi connectivity index (χ4v) is 2.30. The summed E-state index contributed by atoms with van der Waals surface area (Å²) in [5.41, 5.74) is 5.00. The molecule has 20 heavy (non-hydrogen) atoms. The third-order valence-electron chi connectivity index (χ3n) is 3.58. The van der Waals surface area contributed by atoms with E-state index in [9.17, 15) is 0 Å². The Kier molecular flexibility index (Phi) is 5.19. The summed E-state index contributed by atoms with van der Waals surface area (Å²) in [6, 6.07) is 17.4. The van der Waals surface area contributed by atoms with Gasteiger partial charge in [-0.25, -0.2) is 0 Å². The number of aryl methyl sites for hydroxylation is 1. The molecule has 0 saturated carbocycles. The van der Waals surface area contributed by atoms with Gasteiger partial charge in [-0.3, -0.25) is 0 Å². The van der Waals surface area contributed by atoms with Crippen LogP contribution >= 0.6 is 0 Å². The lowest BCUT2D eigenvalue weighted by Gasteiger charge is -2.18. The van der Waals surface area contributed by atoms with Crippen LogP contribution < -0.4 is 5.32 Å². The van der Waals surface area contributed by atoms with Crippen molar-refractivity contribution in [1.29, 1.82) is 0 Å². The third-order valence-corrected chi connectivity index (χ3v) is 3.58. The smallest absolute Gasteiger partial charge is 0.0733 e. The number of anilines is 1. The van der Waals surface area contributed by atoms with Crippen molar-refractivity contribution in [2.45, 2.75) is 32.9 Å². The summed E-state index contributed by atoms with van der Waals surface area (Å²) < 4.78 is 5.25. The maximum atomic E-state index is 5.25. The summed E-state index contributed by atoms with van der Waals surface area (Å²) in [4.78, 5) is 0. The minimum atomic E-state index is 0.277. The predicted molar refractivity (Wildman–Crippen MR) is 85.0 cm³/mol. The lowest BCUT2D eigenvalue weighted by atomic mass is 10.0. The largest absolute Gasteiger partial charge is 0.380 e. The van der Waals surface area contributed by atoms with Crippen LogP contribution in [-0.4, -0.2) is 7.11 Å². The molecule has 0 saturated heterocycles. The number of methoxy groups -OCH3 is 1. The van der Waals surface area contributed by atoms with E-state index in [2.05, 4.69) is 55.6 Å². The first-order chi connectivity index (χ1) is 9.74. The van der Waals surface area contributed by atoms with Gasteiger partial charge >= 0.3 is 0 Å². The van der Waals surface area contributed by atoms with Gasteiger partial charge < -0.3 is 10.1 Å². The fraction of sp³-hybridized carbons (Fsp3) is 0.333. The van der Waals surface area contributed by atoms with Crippen LogP contribution in [0.15, 0.2) is 48.5 Å². The monoisotopic (exact) mass is 269 g/mol. The summed E-state index contributed by atoms with van der Waals surface area (Å²) in [6.07, 6.45) is 1.08. The van der Waals surface area contributed by atoms with Gasteiger partial charge in [0.1, 0.15) is 0 Å². The van der Waals surface area contributed by atoms with E-state index in [1.807, 2.05) is 12.1 Å². The Hall–Kier alpha value is -1.80. The van der Waals surface area contributed by atoms with E-state index < -0.39 is 0 Å². The molecule has 0 amide bonds. The Bertz CT molecular complexity index is 533. The average Bonchev–Trinajstić information content (AvgIpc) is 2.49. The first-order valence-electron chi connectivity index (χ1n) is 7.16. The summed E-state index contributed by atoms with van der Waals surface area (Å²) in [5, 5.41) is 3.57. The molecule has 0 bridgehead atoms. The van der Waals surface area contributed by atoms with Crippen LogP contribution in [0.2, 0.25) is 0 Å². The number of benzene rings is 2. The van der Waals surface area contributed by atoms with Crippen molar-refractivity contribution in [1.82, 2.24) is 0 Å². The van der Waals surface area contributed by atoms with Crippen molar-refractivity contribution in [3.8, 4) is 0 Å². The van der Waals surface area contributed by atoms with Crippen molar-refractivity contribution >= 4 is 5.69 Å². The minimum Gasteiger partial charge on any atom is -0.380 e. The van der Waals surface area contributed by atoms with Crippen LogP contribution in [0.3, 0.4) is 0 Å². The fourth-order valence-electron chi connectivity index (χ4n) is 2.30. The van der Waals surface area contributed by atoms with Gasteiger partial charge in [0.25, 0.3) is 0 Å². The number of rotatable bonds is 6. The third kappa shape index (κ3) is 3.61. The quantitative estimate of drug-likeness (QED) is 0.829. The van der Waals surface area contributed by atoms with E-state index in [4.69, 9.17) is 4.74 Å². The molecule has 2 aromatic rings. The Morgan fingerprint density at radius 1 is 1.05 bits per heavy atom. The van der Waals surface area contributed by atoms with Gasteiger partial charge in [-0.05, 0) is 30.5 Å². The molecule has 0 aromatic heterocycles. The maximum Gasteiger partial charge on any atom is 0.0733 e. The van der Waals surface area contributed by atoms with Crippen LogP contribution in [0.4, 0.5) is 5.69 Å². The molecular formula is C18H23NO. The highest BCUT2D eigenvalue weighted by Crippen LogP contribution is 2.23. The molecule has 0 aliphatic carbocycles. The van der Waals surface area contributed by atoms with Gasteiger partial charge in [-0.1, -0.05) is 49.4 Å². The lowest BCUT2D eigenvalue weighted by Crippen LogP contribution is -2.08. The molecule has 2 heteroatoms. The molecule has 0 aliphatic heterocycles. The van der Waals surface area contributed by atoms with Crippen LogP contribution in [0.1, 0.15) is 36.6 Å². The molecule has 1 unspecified atom stereocenters. The molecule has 1 atom stereocenters. The molecule has 0 radical (unpaired) electrons. The Morgan fingerprint density at radius 2 is 1.75 bits per heavy atom. The van der Waals surface area contributed by atoms with Crippen LogP contribution in [0, 0.1) is 0 Å². The van der Waals surface area contributed by atoms with Gasteiger partial charge in [0.05, 0.1) is 6.61 Å². The topological polar surface area (TPSA) is 21.3 Å². The Labute approximate surface area is 121 Å². The number of nitrogens with one attached hydrogen (secondary N) is 1. The molecule has 2 aromatic carbocycles. The summed E-state index contributed by atoms with van der Waals surface area (Å²) in [5.74, 6) is 0. The van der Waals surface area contributed by atoms with Crippen molar-refractivity contribution in [3.05, 3.63) is 65.2 Å². The van der Waals surface area contributed by atoms with E-state index >= 15 is 0 Å². The first kappa shape index (κ1) is 14.6. The molecule has 106 valence electrons. The predicted octanol–water partition coefficient (Wildman–Crippen LogP) is 4.57. The molecule has 1 N–H and O–H groups in total. The second-order valence-electron chi connectivity index (χ2n) is 5.05. The molecule has 2 nitrogen and oxygen atoms in total. The maximum absolute atomic E-state index is 5.25. The molecule has 0 aliphatic rings. The number of hydrogen-bond acceptors (Lipinski definition) is 2. The van der Waals surface area contributed by atoms with E-state index in [0.29, 0.717) is 6.61 Å². The van der Waals surface area contributed by atoms with Crippen LogP contribution in [-0.2, 0) is 17.8 Å². The zero-order valence-electron chi connectivity index (χ0n) is 12.5. The molecule has 0 heterocycles. The van der Waals surface area contributed by atoms with Crippen molar-refractivity contribution < 1.29 is 4.74 Å². The SMILES string of the molecule is CCc1ccc(C(C)Nc2ccccc2COC)cc1. The second kappa shape index (κ2) is 7.11. The average molecular weight is 269 g/mol. The lowest BCUT2D eigenvalue weighted by molar-refractivity contribution is 0.185. The number of para-hydroxylation sites is 1. The van der Waals surface area contributed by atoms with E-state index in [-0.39, 0.29) is 6.04 Å².